The summed E-state index contributed by atoms with van der Waals surface area (Å²) in [6, 6.07) is 13.6. The van der Waals surface area contributed by atoms with Crippen molar-refractivity contribution in [2.75, 3.05) is 23.4 Å². The van der Waals surface area contributed by atoms with E-state index >= 15 is 0 Å². The van der Waals surface area contributed by atoms with Crippen molar-refractivity contribution in [3.8, 4) is 5.75 Å². The number of hydrogen-bond donors (Lipinski definition) is 1. The molecule has 1 atom stereocenters. The monoisotopic (exact) mass is 410 g/mol. The predicted octanol–water partition coefficient (Wildman–Crippen LogP) is 2.58. The molecule has 0 saturated heterocycles. The Bertz CT molecular complexity index is 987. The van der Waals surface area contributed by atoms with Crippen molar-refractivity contribution in [3.63, 3.8) is 0 Å². The van der Waals surface area contributed by atoms with E-state index in [0.29, 0.717) is 22.7 Å². The van der Waals surface area contributed by atoms with Gasteiger partial charge in [-0.3, -0.25) is 19.2 Å². The molecule has 0 saturated carbocycles. The molecule has 8 heteroatoms. The van der Waals surface area contributed by atoms with Gasteiger partial charge in [-0.1, -0.05) is 24.3 Å². The number of benzene rings is 2. The van der Waals surface area contributed by atoms with Crippen LogP contribution in [0.2, 0.25) is 0 Å². The zero-order valence-electron chi connectivity index (χ0n) is 16.7. The van der Waals surface area contributed by atoms with E-state index in [0.717, 1.165) is 0 Å². The highest BCUT2D eigenvalue weighted by Crippen LogP contribution is 2.31. The molecule has 156 valence electrons. The maximum Gasteiger partial charge on any atom is 0.308 e. The summed E-state index contributed by atoms with van der Waals surface area (Å²) in [7, 11) is 0. The van der Waals surface area contributed by atoms with E-state index < -0.39 is 18.0 Å². The Morgan fingerprint density at radius 3 is 2.70 bits per heavy atom. The number of Topliss-reactive ketones (excluding diaryl/α,β-unsaturated/α-hetero) is 1. The molecule has 0 unspecified atom stereocenters. The van der Waals surface area contributed by atoms with Crippen molar-refractivity contribution in [2.24, 2.45) is 0 Å². The highest BCUT2D eigenvalue weighted by molar-refractivity contribution is 5.99. The number of para-hydroxylation sites is 2. The fourth-order valence-electron chi connectivity index (χ4n) is 2.97. The molecule has 0 fully saturated rings. The zero-order valence-corrected chi connectivity index (χ0v) is 16.7. The van der Waals surface area contributed by atoms with Crippen molar-refractivity contribution < 1.29 is 28.7 Å². The van der Waals surface area contributed by atoms with Gasteiger partial charge in [0.1, 0.15) is 5.75 Å². The highest BCUT2D eigenvalue weighted by atomic mass is 16.5. The van der Waals surface area contributed by atoms with Crippen molar-refractivity contribution in [1.29, 1.82) is 0 Å². The molecule has 0 aliphatic carbocycles. The summed E-state index contributed by atoms with van der Waals surface area (Å²) in [4.78, 5) is 49.6. The lowest BCUT2D eigenvalue weighted by Gasteiger charge is -2.29. The van der Waals surface area contributed by atoms with Crippen LogP contribution in [-0.2, 0) is 19.1 Å². The number of esters is 1. The summed E-state index contributed by atoms with van der Waals surface area (Å²) < 4.78 is 10.6. The second kappa shape index (κ2) is 9.21. The number of nitrogens with zero attached hydrogens (tertiary/aromatic N) is 1. The number of fused-ring (bicyclic) bond motifs is 1. The average Bonchev–Trinajstić information content (AvgIpc) is 2.73. The molecule has 2 amide bonds. The standard InChI is InChI=1S/C22H22N2O6/c1-14(25)16-6-5-7-17(12-16)23-22(28)15(2)30-21(27)10-11-24-18-8-3-4-9-19(18)29-13-20(24)26/h3-9,12,15H,10-11,13H2,1-2H3,(H,23,28)/t15-/m0/s1. The van der Waals surface area contributed by atoms with Crippen LogP contribution in [0.5, 0.6) is 5.75 Å². The first-order valence-corrected chi connectivity index (χ1v) is 9.48. The largest absolute Gasteiger partial charge is 0.482 e. The van der Waals surface area contributed by atoms with Crippen molar-refractivity contribution in [1.82, 2.24) is 0 Å². The minimum atomic E-state index is -1.04. The highest BCUT2D eigenvalue weighted by Gasteiger charge is 2.26. The fourth-order valence-corrected chi connectivity index (χ4v) is 2.97. The summed E-state index contributed by atoms with van der Waals surface area (Å²) in [6.07, 6.45) is -1.11. The van der Waals surface area contributed by atoms with E-state index in [4.69, 9.17) is 9.47 Å². The van der Waals surface area contributed by atoms with Gasteiger partial charge in [-0.25, -0.2) is 0 Å². The van der Waals surface area contributed by atoms with Gasteiger partial charge in [0.25, 0.3) is 11.8 Å². The van der Waals surface area contributed by atoms with Crippen LogP contribution in [0.3, 0.4) is 0 Å². The molecular formula is C22H22N2O6. The lowest BCUT2D eigenvalue weighted by atomic mass is 10.1. The number of nitrogens with one attached hydrogen (secondary N) is 1. The van der Waals surface area contributed by atoms with E-state index in [1.807, 2.05) is 0 Å². The molecule has 8 nitrogen and oxygen atoms in total. The maximum atomic E-state index is 12.3. The smallest absolute Gasteiger partial charge is 0.308 e. The van der Waals surface area contributed by atoms with Gasteiger partial charge in [-0.05, 0) is 38.1 Å². The van der Waals surface area contributed by atoms with Crippen LogP contribution in [0, 0.1) is 0 Å². The van der Waals surface area contributed by atoms with Gasteiger partial charge < -0.3 is 19.7 Å². The number of ether oxygens (including phenoxy) is 2. The van der Waals surface area contributed by atoms with Crippen LogP contribution in [-0.4, -0.2) is 42.8 Å². The minimum absolute atomic E-state index is 0.0719. The Balaban J connectivity index is 1.53. The minimum Gasteiger partial charge on any atom is -0.482 e. The Labute approximate surface area is 173 Å². The van der Waals surface area contributed by atoms with Gasteiger partial charge in [0.15, 0.2) is 18.5 Å². The lowest BCUT2D eigenvalue weighted by Crippen LogP contribution is -2.40. The van der Waals surface area contributed by atoms with Gasteiger partial charge >= 0.3 is 5.97 Å². The zero-order chi connectivity index (χ0) is 21.7. The number of anilines is 2. The fraction of sp³-hybridized carbons (Fsp3) is 0.273. The van der Waals surface area contributed by atoms with Gasteiger partial charge in [-0.2, -0.15) is 0 Å². The third-order valence-electron chi connectivity index (χ3n) is 4.56. The van der Waals surface area contributed by atoms with E-state index in [-0.39, 0.29) is 31.3 Å². The molecule has 2 aromatic carbocycles. The number of carbonyl (C=O) groups is 4. The van der Waals surface area contributed by atoms with Gasteiger partial charge in [0, 0.05) is 17.8 Å². The SMILES string of the molecule is CC(=O)c1cccc(NC(=O)[C@H](C)OC(=O)CCN2C(=O)COc3ccccc32)c1. The van der Waals surface area contributed by atoms with Crippen LogP contribution < -0.4 is 15.0 Å². The number of ketones is 1. The van der Waals surface area contributed by atoms with E-state index in [1.54, 1.807) is 48.5 Å². The first kappa shape index (κ1) is 21.0. The van der Waals surface area contributed by atoms with Gasteiger partial charge in [-0.15, -0.1) is 0 Å². The third-order valence-corrected chi connectivity index (χ3v) is 4.56. The first-order valence-electron chi connectivity index (χ1n) is 9.48. The van der Waals surface area contributed by atoms with Gasteiger partial charge in [0.05, 0.1) is 12.1 Å². The average molecular weight is 410 g/mol. The lowest BCUT2D eigenvalue weighted by molar-refractivity contribution is -0.153. The van der Waals surface area contributed by atoms with E-state index in [1.165, 1.54) is 18.7 Å². The Kier molecular flexibility index (Phi) is 6.46. The molecule has 0 radical (unpaired) electrons. The quantitative estimate of drug-likeness (QED) is 0.556. The second-order valence-electron chi connectivity index (χ2n) is 6.81. The Morgan fingerprint density at radius 1 is 1.17 bits per heavy atom. The van der Waals surface area contributed by atoms with Crippen LogP contribution >= 0.6 is 0 Å². The second-order valence-corrected chi connectivity index (χ2v) is 6.81. The summed E-state index contributed by atoms with van der Waals surface area (Å²) in [5.74, 6) is -0.919. The number of carbonyl (C=O) groups excluding carboxylic acids is 4. The molecule has 1 N–H and O–H groups in total. The molecule has 0 bridgehead atoms. The molecule has 0 spiro atoms. The summed E-state index contributed by atoms with van der Waals surface area (Å²) in [5.41, 5.74) is 1.50. The van der Waals surface area contributed by atoms with Crippen LogP contribution in [0.4, 0.5) is 11.4 Å². The van der Waals surface area contributed by atoms with Crippen molar-refractivity contribution in [3.05, 3.63) is 54.1 Å². The Morgan fingerprint density at radius 2 is 1.93 bits per heavy atom. The van der Waals surface area contributed by atoms with Crippen LogP contribution in [0.1, 0.15) is 30.6 Å². The third kappa shape index (κ3) is 5.02. The molecule has 2 aromatic rings. The number of rotatable bonds is 7. The normalized spacial score (nSPS) is 13.7. The predicted molar refractivity (Wildman–Crippen MR) is 110 cm³/mol. The molecule has 30 heavy (non-hydrogen) atoms. The number of amides is 2. The molecule has 1 aliphatic heterocycles. The molecule has 1 heterocycles. The summed E-state index contributed by atoms with van der Waals surface area (Å²) in [6.45, 7) is 2.91. The molecule has 1 aliphatic rings. The molecule has 3 rings (SSSR count). The van der Waals surface area contributed by atoms with E-state index in [9.17, 15) is 19.2 Å². The van der Waals surface area contributed by atoms with Crippen molar-refractivity contribution in [2.45, 2.75) is 26.4 Å². The summed E-state index contributed by atoms with van der Waals surface area (Å²) >= 11 is 0. The van der Waals surface area contributed by atoms with E-state index in [2.05, 4.69) is 5.32 Å². The van der Waals surface area contributed by atoms with Crippen LogP contribution in [0.15, 0.2) is 48.5 Å². The van der Waals surface area contributed by atoms with Crippen molar-refractivity contribution >= 4 is 34.9 Å². The molecule has 0 aromatic heterocycles. The number of hydrogen-bond acceptors (Lipinski definition) is 6. The molecular weight excluding hydrogens is 388 g/mol. The van der Waals surface area contributed by atoms with Gasteiger partial charge in [0.2, 0.25) is 0 Å². The topological polar surface area (TPSA) is 102 Å². The summed E-state index contributed by atoms with van der Waals surface area (Å²) in [5, 5.41) is 2.62. The van der Waals surface area contributed by atoms with Crippen LogP contribution in [0.25, 0.3) is 0 Å². The maximum absolute atomic E-state index is 12.3. The Hall–Kier alpha value is -3.68. The first-order chi connectivity index (χ1) is 14.3.